The number of ether oxygens (including phenoxy) is 1. The summed E-state index contributed by atoms with van der Waals surface area (Å²) in [4.78, 5) is 8.76. The smallest absolute Gasteiger partial charge is 0.159 e. The van der Waals surface area contributed by atoms with E-state index in [2.05, 4.69) is 35.9 Å². The first-order valence-electron chi connectivity index (χ1n) is 8.31. The average Bonchev–Trinajstić information content (AvgIpc) is 2.55. The lowest BCUT2D eigenvalue weighted by Gasteiger charge is -2.06. The Bertz CT molecular complexity index is 534. The molecule has 0 unspecified atom stereocenters. The van der Waals surface area contributed by atoms with Crippen molar-refractivity contribution in [3.63, 3.8) is 0 Å². The summed E-state index contributed by atoms with van der Waals surface area (Å²) in [6.07, 6.45) is 11.1. The van der Waals surface area contributed by atoms with E-state index in [1.165, 1.54) is 37.7 Å². The highest BCUT2D eigenvalue weighted by Crippen LogP contribution is 2.17. The van der Waals surface area contributed by atoms with Gasteiger partial charge >= 0.3 is 0 Å². The molecule has 1 aromatic carbocycles. The number of aryl methyl sites for hydroxylation is 1. The summed E-state index contributed by atoms with van der Waals surface area (Å²) in [5, 5.41) is 0. The molecule has 3 heteroatoms. The molecule has 1 aromatic heterocycles. The van der Waals surface area contributed by atoms with Crippen molar-refractivity contribution in [2.75, 3.05) is 6.61 Å². The number of unbranched alkanes of at least 4 members (excludes halogenated alkanes) is 5. The number of aromatic nitrogens is 2. The highest BCUT2D eigenvalue weighted by atomic mass is 16.5. The molecule has 2 rings (SSSR count). The second-order valence-corrected chi connectivity index (χ2v) is 5.72. The predicted molar refractivity (Wildman–Crippen MR) is 91.1 cm³/mol. The molecule has 0 radical (unpaired) electrons. The molecule has 22 heavy (non-hydrogen) atoms. The van der Waals surface area contributed by atoms with Gasteiger partial charge in [-0.3, -0.25) is 0 Å². The Labute approximate surface area is 133 Å². The van der Waals surface area contributed by atoms with Crippen LogP contribution in [0.15, 0.2) is 36.7 Å². The Morgan fingerprint density at radius 2 is 1.50 bits per heavy atom. The van der Waals surface area contributed by atoms with Gasteiger partial charge in [-0.05, 0) is 13.3 Å². The van der Waals surface area contributed by atoms with E-state index in [-0.39, 0.29) is 0 Å². The largest absolute Gasteiger partial charge is 0.490 e. The van der Waals surface area contributed by atoms with Gasteiger partial charge in [0.05, 0.1) is 19.0 Å². The third-order valence-electron chi connectivity index (χ3n) is 3.70. The van der Waals surface area contributed by atoms with Gasteiger partial charge in [-0.25, -0.2) is 9.97 Å². The molecule has 2 aromatic rings. The Morgan fingerprint density at radius 3 is 2.18 bits per heavy atom. The van der Waals surface area contributed by atoms with Crippen LogP contribution in [-0.2, 0) is 0 Å². The lowest BCUT2D eigenvalue weighted by Crippen LogP contribution is -1.99. The van der Waals surface area contributed by atoms with Crippen molar-refractivity contribution in [1.29, 1.82) is 0 Å². The summed E-state index contributed by atoms with van der Waals surface area (Å²) in [7, 11) is 0. The monoisotopic (exact) mass is 298 g/mol. The highest BCUT2D eigenvalue weighted by molar-refractivity contribution is 5.55. The van der Waals surface area contributed by atoms with Gasteiger partial charge in [0.15, 0.2) is 11.6 Å². The van der Waals surface area contributed by atoms with Crippen molar-refractivity contribution in [2.45, 2.75) is 52.4 Å². The molecule has 118 valence electrons. The zero-order valence-electron chi connectivity index (χ0n) is 13.7. The van der Waals surface area contributed by atoms with Gasteiger partial charge in [-0.1, -0.05) is 68.9 Å². The molecular weight excluding hydrogens is 272 g/mol. The van der Waals surface area contributed by atoms with Gasteiger partial charge < -0.3 is 4.74 Å². The van der Waals surface area contributed by atoms with Crippen molar-refractivity contribution in [2.24, 2.45) is 0 Å². The molecule has 0 aliphatic carbocycles. The molecule has 1 heterocycles. The highest BCUT2D eigenvalue weighted by Gasteiger charge is 2.01. The fourth-order valence-electron chi connectivity index (χ4n) is 2.31. The predicted octanol–water partition coefficient (Wildman–Crippen LogP) is 5.19. The van der Waals surface area contributed by atoms with Gasteiger partial charge in [-0.15, -0.1) is 0 Å². The molecule has 0 amide bonds. The molecule has 0 saturated carbocycles. The molecule has 0 atom stereocenters. The Balaban J connectivity index is 1.74. The lowest BCUT2D eigenvalue weighted by atomic mass is 10.1. The molecule has 0 aliphatic rings. The molecule has 0 spiro atoms. The van der Waals surface area contributed by atoms with Crippen LogP contribution in [0, 0.1) is 6.92 Å². The second-order valence-electron chi connectivity index (χ2n) is 5.72. The minimum absolute atomic E-state index is 0.743. The van der Waals surface area contributed by atoms with Gasteiger partial charge in [0.1, 0.15) is 0 Å². The summed E-state index contributed by atoms with van der Waals surface area (Å²) < 4.78 is 5.70. The van der Waals surface area contributed by atoms with Crippen LogP contribution < -0.4 is 4.74 Å². The van der Waals surface area contributed by atoms with Crippen LogP contribution in [0.3, 0.4) is 0 Å². The second kappa shape index (κ2) is 9.19. The van der Waals surface area contributed by atoms with Crippen LogP contribution in [0.1, 0.15) is 51.0 Å². The van der Waals surface area contributed by atoms with Crippen LogP contribution in [0.5, 0.6) is 5.75 Å². The van der Waals surface area contributed by atoms with Crippen molar-refractivity contribution < 1.29 is 4.74 Å². The molecule has 0 N–H and O–H groups in total. The molecule has 0 aliphatic heterocycles. The van der Waals surface area contributed by atoms with Crippen LogP contribution in [0.2, 0.25) is 0 Å². The number of hydrogen-bond donors (Lipinski definition) is 0. The van der Waals surface area contributed by atoms with Crippen molar-refractivity contribution in [3.05, 3.63) is 42.2 Å². The molecule has 0 saturated heterocycles. The zero-order valence-corrected chi connectivity index (χ0v) is 13.7. The third kappa shape index (κ3) is 5.47. The van der Waals surface area contributed by atoms with Crippen molar-refractivity contribution >= 4 is 0 Å². The summed E-state index contributed by atoms with van der Waals surface area (Å²) in [6.45, 7) is 5.06. The fraction of sp³-hybridized carbons (Fsp3) is 0.474. The first-order chi connectivity index (χ1) is 10.8. The molecule has 0 fully saturated rings. The molecule has 0 bridgehead atoms. The lowest BCUT2D eigenvalue weighted by molar-refractivity contribution is 0.302. The van der Waals surface area contributed by atoms with Gasteiger partial charge in [0.2, 0.25) is 0 Å². The third-order valence-corrected chi connectivity index (χ3v) is 3.70. The van der Waals surface area contributed by atoms with Crippen molar-refractivity contribution in [3.8, 4) is 17.1 Å². The minimum Gasteiger partial charge on any atom is -0.490 e. The quantitative estimate of drug-likeness (QED) is 0.597. The topological polar surface area (TPSA) is 35.0 Å². The van der Waals surface area contributed by atoms with E-state index in [0.29, 0.717) is 0 Å². The van der Waals surface area contributed by atoms with E-state index in [4.69, 9.17) is 4.74 Å². The first-order valence-corrected chi connectivity index (χ1v) is 8.31. The molecular formula is C19H26N2O. The van der Waals surface area contributed by atoms with Gasteiger partial charge in [0.25, 0.3) is 0 Å². The number of benzene rings is 1. The Kier molecular flexibility index (Phi) is 6.88. The van der Waals surface area contributed by atoms with Crippen LogP contribution in [0.4, 0.5) is 0 Å². The van der Waals surface area contributed by atoms with Crippen LogP contribution >= 0.6 is 0 Å². The normalized spacial score (nSPS) is 10.6. The van der Waals surface area contributed by atoms with Crippen LogP contribution in [-0.4, -0.2) is 16.6 Å². The van der Waals surface area contributed by atoms with E-state index in [1.807, 2.05) is 12.1 Å². The van der Waals surface area contributed by atoms with Crippen molar-refractivity contribution in [1.82, 2.24) is 9.97 Å². The average molecular weight is 298 g/mol. The van der Waals surface area contributed by atoms with Crippen LogP contribution in [0.25, 0.3) is 11.4 Å². The van der Waals surface area contributed by atoms with Gasteiger partial charge in [0, 0.05) is 5.56 Å². The van der Waals surface area contributed by atoms with E-state index < -0.39 is 0 Å². The zero-order chi connectivity index (χ0) is 15.6. The maximum absolute atomic E-state index is 5.70. The summed E-state index contributed by atoms with van der Waals surface area (Å²) in [5.74, 6) is 1.50. The van der Waals surface area contributed by atoms with E-state index in [9.17, 15) is 0 Å². The Hall–Kier alpha value is -1.90. The van der Waals surface area contributed by atoms with E-state index in [0.717, 1.165) is 30.2 Å². The maximum Gasteiger partial charge on any atom is 0.159 e. The Morgan fingerprint density at radius 1 is 0.864 bits per heavy atom. The van der Waals surface area contributed by atoms with Gasteiger partial charge in [-0.2, -0.15) is 0 Å². The minimum atomic E-state index is 0.743. The fourth-order valence-corrected chi connectivity index (χ4v) is 2.31. The van der Waals surface area contributed by atoms with E-state index in [1.54, 1.807) is 12.4 Å². The first kappa shape index (κ1) is 16.5. The number of hydrogen-bond acceptors (Lipinski definition) is 3. The maximum atomic E-state index is 5.70. The standard InChI is InChI=1S/C19H26N2O/c1-3-4-5-6-7-8-13-22-18-14-20-19(21-15-18)17-11-9-16(2)10-12-17/h9-12,14-15H,3-8,13H2,1-2H3. The summed E-state index contributed by atoms with van der Waals surface area (Å²) in [6, 6.07) is 8.23. The number of nitrogens with zero attached hydrogens (tertiary/aromatic N) is 2. The van der Waals surface area contributed by atoms with E-state index >= 15 is 0 Å². The molecule has 3 nitrogen and oxygen atoms in total. The summed E-state index contributed by atoms with van der Waals surface area (Å²) in [5.41, 5.74) is 2.27. The SMILES string of the molecule is CCCCCCCCOc1cnc(-c2ccc(C)cc2)nc1. The summed E-state index contributed by atoms with van der Waals surface area (Å²) >= 11 is 0. The number of rotatable bonds is 9.